The van der Waals surface area contributed by atoms with Gasteiger partial charge < -0.3 is 4.74 Å². The number of benzene rings is 1. The third kappa shape index (κ3) is 8.71. The molecule has 0 bridgehead atoms. The van der Waals surface area contributed by atoms with E-state index in [1.807, 2.05) is 6.92 Å². The van der Waals surface area contributed by atoms with E-state index in [4.69, 9.17) is 4.74 Å². The molecule has 3 unspecified atom stereocenters. The summed E-state index contributed by atoms with van der Waals surface area (Å²) < 4.78 is 44.9. The minimum Gasteiger partial charge on any atom is -0.385 e. The van der Waals surface area contributed by atoms with E-state index in [0.29, 0.717) is 23.4 Å². The van der Waals surface area contributed by atoms with E-state index < -0.39 is 11.7 Å². The van der Waals surface area contributed by atoms with Gasteiger partial charge in [0, 0.05) is 19.3 Å². The Balaban J connectivity index is 1.92. The van der Waals surface area contributed by atoms with Gasteiger partial charge in [0.05, 0.1) is 5.56 Å². The molecule has 1 aromatic carbocycles. The number of methoxy groups -OCH3 is 1. The summed E-state index contributed by atoms with van der Waals surface area (Å²) >= 11 is 0. The van der Waals surface area contributed by atoms with Gasteiger partial charge in [-0.15, -0.1) is 15.2 Å². The van der Waals surface area contributed by atoms with Crippen molar-refractivity contribution in [1.82, 2.24) is 0 Å². The summed E-state index contributed by atoms with van der Waals surface area (Å²) in [5.41, 5.74) is 6.73. The van der Waals surface area contributed by atoms with Gasteiger partial charge in [-0.2, -0.15) is 13.2 Å². The Morgan fingerprint density at radius 2 is 1.82 bits per heavy atom. The van der Waals surface area contributed by atoms with Gasteiger partial charge in [-0.1, -0.05) is 69.0 Å². The Labute approximate surface area is 242 Å². The smallest absolute Gasteiger partial charge is 0.385 e. The van der Waals surface area contributed by atoms with Crippen LogP contribution in [0.1, 0.15) is 84.3 Å². The van der Waals surface area contributed by atoms with E-state index in [1.165, 1.54) is 36.1 Å². The molecule has 3 rings (SSSR count). The molecule has 0 saturated heterocycles. The molecule has 0 aromatic heterocycles. The van der Waals surface area contributed by atoms with Crippen LogP contribution in [-0.2, 0) is 10.9 Å². The van der Waals surface area contributed by atoms with Gasteiger partial charge in [-0.25, -0.2) is 0 Å². The van der Waals surface area contributed by atoms with Crippen LogP contribution >= 0.6 is 9.24 Å². The maximum Gasteiger partial charge on any atom is 0.416 e. The molecule has 4 atom stereocenters. The van der Waals surface area contributed by atoms with Gasteiger partial charge >= 0.3 is 6.18 Å². The summed E-state index contributed by atoms with van der Waals surface area (Å²) in [5.74, 6) is 8.47. The summed E-state index contributed by atoms with van der Waals surface area (Å²) in [7, 11) is 4.73. The second-order valence-corrected chi connectivity index (χ2v) is 12.8. The number of rotatable bonds is 9. The largest absolute Gasteiger partial charge is 0.416 e. The number of ether oxygens (including phenoxy) is 1. The Kier molecular flexibility index (Phi) is 11.9. The molecule has 1 aromatic rings. The quantitative estimate of drug-likeness (QED) is 0.163. The Bertz CT molecular complexity index is 1190. The molecular formula is C35H46F3OP. The molecule has 1 nitrogen and oxygen atoms in total. The van der Waals surface area contributed by atoms with E-state index in [-0.39, 0.29) is 5.92 Å². The number of halogens is 3. The fourth-order valence-electron chi connectivity index (χ4n) is 6.11. The third-order valence-corrected chi connectivity index (χ3v) is 8.81. The maximum atomic E-state index is 13.2. The Hall–Kier alpha value is -2.08. The van der Waals surface area contributed by atoms with Crippen LogP contribution in [0.25, 0.3) is 5.57 Å². The fourth-order valence-corrected chi connectivity index (χ4v) is 6.49. The highest BCUT2D eigenvalue weighted by molar-refractivity contribution is 7.17. The second kappa shape index (κ2) is 14.7. The van der Waals surface area contributed by atoms with Gasteiger partial charge in [0.25, 0.3) is 0 Å². The molecule has 40 heavy (non-hydrogen) atoms. The SMILES string of the molecule is CC#CC1=C(CC2CC/C(=C\C(P)CCOC)[C@H](C(C)C)C2)CC=C(C(C)C)C(c2ccc(C(F)(F)F)cc2)=C1. The van der Waals surface area contributed by atoms with Gasteiger partial charge in [0.2, 0.25) is 0 Å². The van der Waals surface area contributed by atoms with Crippen LogP contribution in [0.5, 0.6) is 0 Å². The highest BCUT2D eigenvalue weighted by atomic mass is 31.0. The van der Waals surface area contributed by atoms with E-state index in [9.17, 15) is 13.2 Å². The van der Waals surface area contributed by atoms with Crippen LogP contribution in [-0.4, -0.2) is 19.4 Å². The van der Waals surface area contributed by atoms with Crippen molar-refractivity contribution in [1.29, 1.82) is 0 Å². The normalized spacial score (nSPS) is 22.1. The van der Waals surface area contributed by atoms with Crippen LogP contribution in [0.4, 0.5) is 13.2 Å². The van der Waals surface area contributed by atoms with Gasteiger partial charge in [0.15, 0.2) is 0 Å². The van der Waals surface area contributed by atoms with Crippen molar-refractivity contribution in [3.05, 3.63) is 75.9 Å². The second-order valence-electron chi connectivity index (χ2n) is 11.9. The first-order chi connectivity index (χ1) is 18.9. The van der Waals surface area contributed by atoms with Crippen LogP contribution < -0.4 is 0 Å². The first kappa shape index (κ1) is 32.4. The molecular weight excluding hydrogens is 524 g/mol. The highest BCUT2D eigenvalue weighted by Crippen LogP contribution is 2.43. The van der Waals surface area contributed by atoms with Gasteiger partial charge in [-0.05, 0) is 110 Å². The van der Waals surface area contributed by atoms with Crippen molar-refractivity contribution in [3.63, 3.8) is 0 Å². The molecule has 218 valence electrons. The standard InChI is InChI=1S/C35H46F3OP/c1-7-8-27-22-34(26-11-14-30(15-12-26)35(36,37)38)32(23(2)3)16-13-28(27)19-25-9-10-29(33(20-25)24(4)5)21-31(40)17-18-39-6/h11-12,14-16,21-25,31,33H,9-10,13,17-20,40H2,1-6H3/b29-21+/t25?,31?,33-/m0/s1. The van der Waals surface area contributed by atoms with Gasteiger partial charge in [-0.3, -0.25) is 0 Å². The molecule has 5 heteroatoms. The molecule has 0 heterocycles. The number of alkyl halides is 3. The Morgan fingerprint density at radius 3 is 2.40 bits per heavy atom. The molecule has 0 radical (unpaired) electrons. The van der Waals surface area contributed by atoms with E-state index in [1.54, 1.807) is 24.8 Å². The lowest BCUT2D eigenvalue weighted by Crippen LogP contribution is -2.23. The minimum atomic E-state index is -4.34. The number of allylic oxidation sites excluding steroid dienone is 8. The van der Waals surface area contributed by atoms with Crippen LogP contribution in [0.15, 0.2) is 64.8 Å². The van der Waals surface area contributed by atoms with E-state index >= 15 is 0 Å². The zero-order valence-corrected chi connectivity index (χ0v) is 26.2. The summed E-state index contributed by atoms with van der Waals surface area (Å²) in [5, 5.41) is 0. The lowest BCUT2D eigenvalue weighted by Gasteiger charge is -2.35. The monoisotopic (exact) mass is 570 g/mol. The fraction of sp³-hybridized carbons (Fsp3) is 0.543. The van der Waals surface area contributed by atoms with Crippen molar-refractivity contribution in [2.45, 2.75) is 85.0 Å². The average Bonchev–Trinajstić information content (AvgIpc) is 3.07. The predicted molar refractivity (Wildman–Crippen MR) is 166 cm³/mol. The van der Waals surface area contributed by atoms with Crippen molar-refractivity contribution < 1.29 is 17.9 Å². The van der Waals surface area contributed by atoms with Crippen molar-refractivity contribution in [2.75, 3.05) is 13.7 Å². The molecule has 2 aliphatic carbocycles. The molecule has 2 aliphatic rings. The molecule has 0 N–H and O–H groups in total. The van der Waals surface area contributed by atoms with Crippen molar-refractivity contribution >= 4 is 14.8 Å². The first-order valence-corrected chi connectivity index (χ1v) is 15.3. The maximum absolute atomic E-state index is 13.2. The topological polar surface area (TPSA) is 9.23 Å². The summed E-state index contributed by atoms with van der Waals surface area (Å²) in [6.45, 7) is 11.6. The lowest BCUT2D eigenvalue weighted by atomic mass is 9.70. The number of hydrogen-bond donors (Lipinski definition) is 0. The lowest BCUT2D eigenvalue weighted by molar-refractivity contribution is -0.137. The highest BCUT2D eigenvalue weighted by Gasteiger charge is 2.31. The first-order valence-electron chi connectivity index (χ1n) is 14.6. The third-order valence-electron chi connectivity index (χ3n) is 8.28. The van der Waals surface area contributed by atoms with Crippen LogP contribution in [0.2, 0.25) is 0 Å². The predicted octanol–water partition coefficient (Wildman–Crippen LogP) is 10.1. The van der Waals surface area contributed by atoms with E-state index in [2.05, 4.69) is 67.0 Å². The zero-order valence-electron chi connectivity index (χ0n) is 25.0. The van der Waals surface area contributed by atoms with E-state index in [0.717, 1.165) is 49.0 Å². The Morgan fingerprint density at radius 1 is 1.12 bits per heavy atom. The number of hydrogen-bond acceptors (Lipinski definition) is 1. The molecule has 0 amide bonds. The molecule has 0 aliphatic heterocycles. The summed E-state index contributed by atoms with van der Waals surface area (Å²) in [4.78, 5) is 0. The molecule has 1 fully saturated rings. The molecule has 0 spiro atoms. The zero-order chi connectivity index (χ0) is 29.4. The summed E-state index contributed by atoms with van der Waals surface area (Å²) in [6, 6.07) is 5.56. The average molecular weight is 571 g/mol. The summed E-state index contributed by atoms with van der Waals surface area (Å²) in [6.07, 6.45) is 8.88. The molecule has 1 saturated carbocycles. The van der Waals surface area contributed by atoms with Crippen LogP contribution in [0, 0.1) is 35.5 Å². The van der Waals surface area contributed by atoms with Crippen LogP contribution in [0.3, 0.4) is 0 Å². The van der Waals surface area contributed by atoms with Crippen molar-refractivity contribution in [3.8, 4) is 11.8 Å². The van der Waals surface area contributed by atoms with Crippen molar-refractivity contribution in [2.24, 2.45) is 23.7 Å². The van der Waals surface area contributed by atoms with Gasteiger partial charge in [0.1, 0.15) is 0 Å². The minimum absolute atomic E-state index is 0.245.